The maximum atomic E-state index is 12.7. The van der Waals surface area contributed by atoms with E-state index < -0.39 is 6.10 Å². The van der Waals surface area contributed by atoms with E-state index in [1.807, 2.05) is 50.4 Å². The number of carbonyl (C=O) groups excluding carboxylic acids is 1. The number of likely N-dealkylation sites (tertiary alicyclic amines) is 1. The Bertz CT molecular complexity index is 976. The first kappa shape index (κ1) is 17.7. The molecule has 2 atom stereocenters. The molecule has 27 heavy (non-hydrogen) atoms. The van der Waals surface area contributed by atoms with Crippen LogP contribution in [0.25, 0.3) is 10.9 Å². The van der Waals surface area contributed by atoms with Crippen LogP contribution in [0.1, 0.15) is 17.0 Å². The number of amides is 1. The average Bonchev–Trinajstić information content (AvgIpc) is 3.17. The van der Waals surface area contributed by atoms with E-state index in [9.17, 15) is 9.90 Å². The zero-order valence-corrected chi connectivity index (χ0v) is 15.7. The van der Waals surface area contributed by atoms with Crippen LogP contribution in [-0.4, -0.2) is 49.9 Å². The third-order valence-electron chi connectivity index (χ3n) is 5.37. The molecule has 6 nitrogen and oxygen atoms in total. The van der Waals surface area contributed by atoms with Crippen LogP contribution < -0.4 is 0 Å². The molecule has 2 aromatic heterocycles. The number of aliphatic hydroxyl groups is 1. The minimum absolute atomic E-state index is 0.00216. The summed E-state index contributed by atoms with van der Waals surface area (Å²) in [6.07, 6.45) is 2.03. The second-order valence-electron chi connectivity index (χ2n) is 7.40. The molecule has 140 valence electrons. The molecule has 1 fully saturated rings. The number of hydrogen-bond donors (Lipinski definition) is 1. The summed E-state index contributed by atoms with van der Waals surface area (Å²) in [5.74, 6) is 0.0301. The van der Waals surface area contributed by atoms with Crippen molar-refractivity contribution in [3.8, 4) is 0 Å². The summed E-state index contributed by atoms with van der Waals surface area (Å²) in [6, 6.07) is 12.0. The number of fused-ring (bicyclic) bond motifs is 1. The lowest BCUT2D eigenvalue weighted by molar-refractivity contribution is -0.131. The first-order valence-electron chi connectivity index (χ1n) is 9.31. The van der Waals surface area contributed by atoms with Crippen LogP contribution in [0.5, 0.6) is 0 Å². The summed E-state index contributed by atoms with van der Waals surface area (Å²) in [5.41, 5.74) is 4.00. The van der Waals surface area contributed by atoms with Crippen molar-refractivity contribution < 1.29 is 9.90 Å². The number of aryl methyl sites for hydroxylation is 2. The molecular formula is C21H24N4O2. The molecule has 1 amide bonds. The molecule has 0 aliphatic carbocycles. The Labute approximate surface area is 158 Å². The van der Waals surface area contributed by atoms with Gasteiger partial charge in [0.15, 0.2) is 0 Å². The molecule has 0 unspecified atom stereocenters. The lowest BCUT2D eigenvalue weighted by atomic mass is 9.94. The van der Waals surface area contributed by atoms with Crippen molar-refractivity contribution in [3.63, 3.8) is 0 Å². The normalized spacial score (nSPS) is 19.7. The van der Waals surface area contributed by atoms with Gasteiger partial charge in [-0.2, -0.15) is 5.10 Å². The second kappa shape index (κ2) is 7.12. The fraction of sp³-hybridized carbons (Fsp3) is 0.381. The highest BCUT2D eigenvalue weighted by molar-refractivity contribution is 5.82. The van der Waals surface area contributed by atoms with E-state index >= 15 is 0 Å². The molecule has 3 heterocycles. The van der Waals surface area contributed by atoms with Crippen molar-refractivity contribution in [2.45, 2.75) is 32.9 Å². The van der Waals surface area contributed by atoms with Crippen LogP contribution in [0.2, 0.25) is 0 Å². The fourth-order valence-electron chi connectivity index (χ4n) is 3.94. The van der Waals surface area contributed by atoms with Gasteiger partial charge in [0.2, 0.25) is 5.91 Å². The van der Waals surface area contributed by atoms with E-state index in [4.69, 9.17) is 0 Å². The highest BCUT2D eigenvalue weighted by atomic mass is 16.3. The van der Waals surface area contributed by atoms with Gasteiger partial charge in [0, 0.05) is 36.3 Å². The molecular weight excluding hydrogens is 340 g/mol. The van der Waals surface area contributed by atoms with Gasteiger partial charge in [-0.3, -0.25) is 14.5 Å². The van der Waals surface area contributed by atoms with Crippen LogP contribution in [-0.2, 0) is 17.8 Å². The summed E-state index contributed by atoms with van der Waals surface area (Å²) in [5, 5.41) is 16.0. The lowest BCUT2D eigenvalue weighted by Crippen LogP contribution is -2.33. The van der Waals surface area contributed by atoms with Gasteiger partial charge in [0.25, 0.3) is 0 Å². The van der Waals surface area contributed by atoms with E-state index in [1.165, 1.54) is 0 Å². The largest absolute Gasteiger partial charge is 0.391 e. The van der Waals surface area contributed by atoms with Gasteiger partial charge >= 0.3 is 0 Å². The van der Waals surface area contributed by atoms with E-state index in [0.717, 1.165) is 34.3 Å². The molecule has 6 heteroatoms. The van der Waals surface area contributed by atoms with Gasteiger partial charge < -0.3 is 10.0 Å². The number of carbonyl (C=O) groups is 1. The van der Waals surface area contributed by atoms with E-state index in [-0.39, 0.29) is 18.4 Å². The predicted octanol–water partition coefficient (Wildman–Crippen LogP) is 2.11. The Hall–Kier alpha value is -2.73. The molecule has 1 aliphatic heterocycles. The number of aliphatic hydroxyl groups excluding tert-OH is 1. The van der Waals surface area contributed by atoms with Gasteiger partial charge in [0.05, 0.1) is 17.3 Å². The first-order valence-corrected chi connectivity index (χ1v) is 9.31. The average molecular weight is 364 g/mol. The summed E-state index contributed by atoms with van der Waals surface area (Å²) in [7, 11) is 0. The molecule has 0 spiro atoms. The highest BCUT2D eigenvalue weighted by Crippen LogP contribution is 2.25. The van der Waals surface area contributed by atoms with E-state index in [2.05, 4.69) is 16.1 Å². The van der Waals surface area contributed by atoms with E-state index in [0.29, 0.717) is 13.1 Å². The summed E-state index contributed by atoms with van der Waals surface area (Å²) in [6.45, 7) is 5.03. The smallest absolute Gasteiger partial charge is 0.244 e. The fourth-order valence-corrected chi connectivity index (χ4v) is 3.94. The number of nitrogens with zero attached hydrogens (tertiary/aromatic N) is 4. The van der Waals surface area contributed by atoms with Crippen molar-refractivity contribution in [2.24, 2.45) is 5.92 Å². The third kappa shape index (κ3) is 3.57. The Morgan fingerprint density at radius 2 is 2.04 bits per heavy atom. The van der Waals surface area contributed by atoms with Crippen molar-refractivity contribution in [2.75, 3.05) is 13.1 Å². The predicted molar refractivity (Wildman–Crippen MR) is 103 cm³/mol. The van der Waals surface area contributed by atoms with Crippen molar-refractivity contribution in [1.29, 1.82) is 0 Å². The number of hydrogen-bond acceptors (Lipinski definition) is 4. The minimum Gasteiger partial charge on any atom is -0.391 e. The van der Waals surface area contributed by atoms with Crippen LogP contribution in [0, 0.1) is 19.8 Å². The first-order chi connectivity index (χ1) is 13.0. The van der Waals surface area contributed by atoms with Crippen molar-refractivity contribution in [1.82, 2.24) is 19.7 Å². The van der Waals surface area contributed by atoms with Gasteiger partial charge in [-0.15, -0.1) is 0 Å². The van der Waals surface area contributed by atoms with Gasteiger partial charge in [-0.25, -0.2) is 0 Å². The van der Waals surface area contributed by atoms with Crippen LogP contribution in [0.3, 0.4) is 0 Å². The maximum Gasteiger partial charge on any atom is 0.244 e. The number of benzene rings is 1. The molecule has 1 N–H and O–H groups in total. The monoisotopic (exact) mass is 364 g/mol. The number of para-hydroxylation sites is 1. The number of aromatic nitrogens is 3. The third-order valence-corrected chi connectivity index (χ3v) is 5.37. The Morgan fingerprint density at radius 1 is 1.22 bits per heavy atom. The van der Waals surface area contributed by atoms with Gasteiger partial charge in [0.1, 0.15) is 6.54 Å². The summed E-state index contributed by atoms with van der Waals surface area (Å²) in [4.78, 5) is 18.8. The highest BCUT2D eigenvalue weighted by Gasteiger charge is 2.34. The number of pyridine rings is 1. The van der Waals surface area contributed by atoms with Crippen LogP contribution in [0.4, 0.5) is 0 Å². The zero-order valence-electron chi connectivity index (χ0n) is 15.7. The molecule has 0 saturated carbocycles. The Kier molecular flexibility index (Phi) is 4.66. The van der Waals surface area contributed by atoms with Gasteiger partial charge in [-0.05, 0) is 44.0 Å². The van der Waals surface area contributed by atoms with E-state index in [1.54, 1.807) is 9.58 Å². The molecule has 0 bridgehead atoms. The number of β-amino-alcohol motifs (C(OH)–C–C–N with tert-alkyl or cyclic N) is 1. The second-order valence-corrected chi connectivity index (χ2v) is 7.40. The van der Waals surface area contributed by atoms with Crippen molar-refractivity contribution >= 4 is 16.8 Å². The standard InChI is InChI=1S/C21H24N4O2/c1-14-9-15(2)25(23-14)13-21(27)24-11-17(20(26)12-24)10-16-7-8-22-19-6-4-3-5-18(16)19/h3-9,17,20,26H,10-13H2,1-2H3/t17-,20-/m1/s1. The van der Waals surface area contributed by atoms with Crippen LogP contribution in [0.15, 0.2) is 42.6 Å². The summed E-state index contributed by atoms with van der Waals surface area (Å²) >= 11 is 0. The molecule has 0 radical (unpaired) electrons. The molecule has 1 aromatic carbocycles. The SMILES string of the molecule is Cc1cc(C)n(CC(=O)N2C[C@@H](Cc3ccnc4ccccc34)[C@H](O)C2)n1. The van der Waals surface area contributed by atoms with Crippen molar-refractivity contribution in [3.05, 3.63) is 59.5 Å². The zero-order chi connectivity index (χ0) is 19.0. The Balaban J connectivity index is 1.46. The molecule has 1 saturated heterocycles. The topological polar surface area (TPSA) is 71.2 Å². The summed E-state index contributed by atoms with van der Waals surface area (Å²) < 4.78 is 1.73. The quantitative estimate of drug-likeness (QED) is 0.770. The molecule has 1 aliphatic rings. The Morgan fingerprint density at radius 3 is 2.81 bits per heavy atom. The molecule has 4 rings (SSSR count). The molecule has 3 aromatic rings. The lowest BCUT2D eigenvalue weighted by Gasteiger charge is -2.17. The minimum atomic E-state index is -0.513. The van der Waals surface area contributed by atoms with Gasteiger partial charge in [-0.1, -0.05) is 18.2 Å². The maximum absolute atomic E-state index is 12.7. The van der Waals surface area contributed by atoms with Crippen LogP contribution >= 0.6 is 0 Å². The number of rotatable bonds is 4.